The van der Waals surface area contributed by atoms with Crippen molar-refractivity contribution in [1.29, 1.82) is 0 Å². The molecule has 0 bridgehead atoms. The largest absolute Gasteiger partial charge is 0.326 e. The van der Waals surface area contributed by atoms with E-state index in [-0.39, 0.29) is 6.04 Å². The summed E-state index contributed by atoms with van der Waals surface area (Å²) in [5.74, 6) is 0. The van der Waals surface area contributed by atoms with Crippen molar-refractivity contribution in [3.05, 3.63) is 53.1 Å². The lowest BCUT2D eigenvalue weighted by atomic mass is 10.1. The Morgan fingerprint density at radius 3 is 2.95 bits per heavy atom. The molecule has 1 fully saturated rings. The van der Waals surface area contributed by atoms with Crippen LogP contribution < -0.4 is 5.32 Å². The van der Waals surface area contributed by atoms with Crippen LogP contribution in [0.5, 0.6) is 0 Å². The molecule has 0 amide bonds. The van der Waals surface area contributed by atoms with Gasteiger partial charge in [0.05, 0.1) is 18.1 Å². The summed E-state index contributed by atoms with van der Waals surface area (Å²) in [7, 11) is 0. The van der Waals surface area contributed by atoms with Crippen LogP contribution in [0, 0.1) is 0 Å². The molecule has 0 aliphatic heterocycles. The number of halogens is 1. The van der Waals surface area contributed by atoms with E-state index in [9.17, 15) is 0 Å². The van der Waals surface area contributed by atoms with Gasteiger partial charge in [-0.3, -0.25) is 0 Å². The minimum absolute atomic E-state index is 0.201. The normalized spacial score (nSPS) is 16.5. The van der Waals surface area contributed by atoms with Gasteiger partial charge in [-0.2, -0.15) is 0 Å². The zero-order chi connectivity index (χ0) is 13.2. The first-order valence-electron chi connectivity index (χ1n) is 6.74. The first kappa shape index (κ1) is 12.7. The minimum atomic E-state index is 0.201. The average molecular weight is 276 g/mol. The van der Waals surface area contributed by atoms with Gasteiger partial charge in [-0.15, -0.1) is 0 Å². The molecule has 1 aromatic heterocycles. The van der Waals surface area contributed by atoms with Crippen LogP contribution in [0.2, 0.25) is 5.02 Å². The van der Waals surface area contributed by atoms with Crippen LogP contribution in [0.25, 0.3) is 0 Å². The summed E-state index contributed by atoms with van der Waals surface area (Å²) in [6.45, 7) is 3.03. The number of nitrogens with one attached hydrogen (secondary N) is 1. The molecule has 1 N–H and O–H groups in total. The maximum Gasteiger partial charge on any atom is 0.0954 e. The van der Waals surface area contributed by atoms with E-state index in [1.165, 1.54) is 18.5 Å². The van der Waals surface area contributed by atoms with Crippen molar-refractivity contribution in [3.8, 4) is 0 Å². The lowest BCUT2D eigenvalue weighted by Gasteiger charge is -2.18. The summed E-state index contributed by atoms with van der Waals surface area (Å²) in [4.78, 5) is 4.28. The van der Waals surface area contributed by atoms with Gasteiger partial charge in [0.1, 0.15) is 0 Å². The van der Waals surface area contributed by atoms with Crippen molar-refractivity contribution in [2.45, 2.75) is 38.4 Å². The highest BCUT2D eigenvalue weighted by Gasteiger charge is 2.21. The highest BCUT2D eigenvalue weighted by molar-refractivity contribution is 6.31. The molecule has 1 aliphatic rings. The fraction of sp³-hybridized carbons (Fsp3) is 0.400. The Balaban J connectivity index is 1.81. The Kier molecular flexibility index (Phi) is 3.58. The van der Waals surface area contributed by atoms with Crippen molar-refractivity contribution in [2.75, 3.05) is 0 Å². The van der Waals surface area contributed by atoms with Gasteiger partial charge in [0.15, 0.2) is 0 Å². The minimum Gasteiger partial charge on any atom is -0.326 e. The monoisotopic (exact) mass is 275 g/mol. The van der Waals surface area contributed by atoms with E-state index in [1.54, 1.807) is 0 Å². The molecule has 1 saturated carbocycles. The van der Waals surface area contributed by atoms with Gasteiger partial charge in [0.25, 0.3) is 0 Å². The van der Waals surface area contributed by atoms with Crippen LogP contribution in [0.4, 0.5) is 0 Å². The fourth-order valence-electron chi connectivity index (χ4n) is 2.32. The van der Waals surface area contributed by atoms with Gasteiger partial charge >= 0.3 is 0 Å². The van der Waals surface area contributed by atoms with Crippen LogP contribution in [-0.4, -0.2) is 15.6 Å². The second kappa shape index (κ2) is 5.35. The molecule has 1 unspecified atom stereocenters. The molecule has 1 aromatic carbocycles. The number of hydrogen-bond acceptors (Lipinski definition) is 2. The third-order valence-electron chi connectivity index (χ3n) is 3.67. The van der Waals surface area contributed by atoms with E-state index in [4.69, 9.17) is 11.6 Å². The summed E-state index contributed by atoms with van der Waals surface area (Å²) >= 11 is 6.28. The molecule has 3 rings (SSSR count). The molecule has 0 saturated heterocycles. The zero-order valence-electron chi connectivity index (χ0n) is 11.0. The molecule has 0 radical (unpaired) electrons. The predicted octanol–water partition coefficient (Wildman–Crippen LogP) is 3.40. The second-order valence-electron chi connectivity index (χ2n) is 5.14. The Labute approximate surface area is 118 Å². The van der Waals surface area contributed by atoms with Crippen LogP contribution in [0.1, 0.15) is 37.1 Å². The van der Waals surface area contributed by atoms with Gasteiger partial charge in [-0.25, -0.2) is 4.98 Å². The van der Waals surface area contributed by atoms with Crippen molar-refractivity contribution in [2.24, 2.45) is 0 Å². The topological polar surface area (TPSA) is 29.9 Å². The van der Waals surface area contributed by atoms with Crippen molar-refractivity contribution in [3.63, 3.8) is 0 Å². The second-order valence-corrected chi connectivity index (χ2v) is 5.55. The molecule has 1 aliphatic carbocycles. The van der Waals surface area contributed by atoms with Gasteiger partial charge < -0.3 is 9.88 Å². The first-order chi connectivity index (χ1) is 9.25. The summed E-state index contributed by atoms with van der Waals surface area (Å²) in [6.07, 6.45) is 6.42. The van der Waals surface area contributed by atoms with Gasteiger partial charge in [0.2, 0.25) is 0 Å². The van der Waals surface area contributed by atoms with Crippen LogP contribution in [-0.2, 0) is 6.54 Å². The zero-order valence-corrected chi connectivity index (χ0v) is 11.8. The molecule has 1 atom stereocenters. The van der Waals surface area contributed by atoms with E-state index >= 15 is 0 Å². The van der Waals surface area contributed by atoms with E-state index in [0.717, 1.165) is 17.1 Å². The van der Waals surface area contributed by atoms with E-state index in [1.807, 2.05) is 30.7 Å². The molecular weight excluding hydrogens is 258 g/mol. The maximum atomic E-state index is 6.28. The van der Waals surface area contributed by atoms with E-state index in [0.29, 0.717) is 6.04 Å². The van der Waals surface area contributed by atoms with Crippen LogP contribution in [0.3, 0.4) is 0 Å². The SMILES string of the molecule is CC(c1ccccc1Cl)n1cncc1CNC1CC1. The molecule has 1 heterocycles. The highest BCUT2D eigenvalue weighted by Crippen LogP contribution is 2.27. The van der Waals surface area contributed by atoms with Crippen molar-refractivity contribution >= 4 is 11.6 Å². The average Bonchev–Trinajstić information content (AvgIpc) is 3.13. The smallest absolute Gasteiger partial charge is 0.0954 e. The molecule has 0 spiro atoms. The van der Waals surface area contributed by atoms with E-state index in [2.05, 4.69) is 27.9 Å². The predicted molar refractivity (Wildman–Crippen MR) is 77.4 cm³/mol. The Hall–Kier alpha value is -1.32. The van der Waals surface area contributed by atoms with Crippen molar-refractivity contribution in [1.82, 2.24) is 14.9 Å². The lowest BCUT2D eigenvalue weighted by Crippen LogP contribution is -2.19. The van der Waals surface area contributed by atoms with E-state index < -0.39 is 0 Å². The number of rotatable bonds is 5. The third-order valence-corrected chi connectivity index (χ3v) is 4.01. The van der Waals surface area contributed by atoms with Crippen molar-refractivity contribution < 1.29 is 0 Å². The van der Waals surface area contributed by atoms with Gasteiger partial charge in [0, 0.05) is 23.8 Å². The first-order valence-corrected chi connectivity index (χ1v) is 7.12. The lowest BCUT2D eigenvalue weighted by molar-refractivity contribution is 0.574. The third kappa shape index (κ3) is 2.82. The molecular formula is C15H18ClN3. The summed E-state index contributed by atoms with van der Waals surface area (Å²) in [5, 5.41) is 4.34. The fourth-order valence-corrected chi connectivity index (χ4v) is 2.61. The Morgan fingerprint density at radius 2 is 2.21 bits per heavy atom. The number of nitrogens with zero attached hydrogens (tertiary/aromatic N) is 2. The number of hydrogen-bond donors (Lipinski definition) is 1. The summed E-state index contributed by atoms with van der Waals surface area (Å²) < 4.78 is 2.19. The number of imidazole rings is 1. The molecule has 100 valence electrons. The van der Waals surface area contributed by atoms with Gasteiger partial charge in [-0.05, 0) is 31.4 Å². The molecule has 4 heteroatoms. The summed E-state index contributed by atoms with van der Waals surface area (Å²) in [6, 6.07) is 8.90. The maximum absolute atomic E-state index is 6.28. The molecule has 3 nitrogen and oxygen atoms in total. The Morgan fingerprint density at radius 1 is 1.42 bits per heavy atom. The van der Waals surface area contributed by atoms with Crippen LogP contribution in [0.15, 0.2) is 36.8 Å². The molecule has 19 heavy (non-hydrogen) atoms. The van der Waals surface area contributed by atoms with Crippen LogP contribution >= 0.6 is 11.6 Å². The summed E-state index contributed by atoms with van der Waals surface area (Å²) in [5.41, 5.74) is 2.34. The molecule has 2 aromatic rings. The Bertz CT molecular complexity index is 560. The van der Waals surface area contributed by atoms with Gasteiger partial charge in [-0.1, -0.05) is 29.8 Å². The number of aromatic nitrogens is 2. The highest BCUT2D eigenvalue weighted by atomic mass is 35.5. The standard InChI is InChI=1S/C15H18ClN3/c1-11(14-4-2-3-5-15(14)16)19-10-17-8-13(19)9-18-12-6-7-12/h2-5,8,10-12,18H,6-7,9H2,1H3. The number of benzene rings is 1. The quantitative estimate of drug-likeness (QED) is 0.906.